The number of nitrogens with zero attached hydrogens (tertiary/aromatic N) is 3. The number of nitrogens with one attached hydrogen (secondary N) is 1. The van der Waals surface area contributed by atoms with Gasteiger partial charge in [-0.05, 0) is 24.3 Å². The molecule has 0 aliphatic carbocycles. The summed E-state index contributed by atoms with van der Waals surface area (Å²) in [6, 6.07) is 14.0. The quantitative estimate of drug-likeness (QED) is 0.800. The van der Waals surface area contributed by atoms with Crippen molar-refractivity contribution in [3.63, 3.8) is 0 Å². The minimum atomic E-state index is -3.66. The first-order valence-corrected chi connectivity index (χ1v) is 7.67. The van der Waals surface area contributed by atoms with Gasteiger partial charge in [0.2, 0.25) is 0 Å². The summed E-state index contributed by atoms with van der Waals surface area (Å²) in [5.41, 5.74) is 0.503. The topological polar surface area (TPSA) is 76.9 Å². The smallest absolute Gasteiger partial charge is 0.265 e. The van der Waals surface area contributed by atoms with Crippen molar-refractivity contribution >= 4 is 15.7 Å². The summed E-state index contributed by atoms with van der Waals surface area (Å²) in [6.07, 6.45) is 4.33. The van der Waals surface area contributed by atoms with Crippen molar-refractivity contribution in [2.24, 2.45) is 0 Å². The van der Waals surface area contributed by atoms with Gasteiger partial charge >= 0.3 is 0 Å². The molecule has 21 heavy (non-hydrogen) atoms. The molecular weight excluding hydrogens is 288 g/mol. The molecule has 0 bridgehead atoms. The van der Waals surface area contributed by atoms with Crippen molar-refractivity contribution < 1.29 is 8.42 Å². The molecular formula is C14H12N4O2S. The Hall–Kier alpha value is -2.67. The molecule has 0 amide bonds. The molecule has 2 heterocycles. The number of hydrogen-bond acceptors (Lipinski definition) is 4. The van der Waals surface area contributed by atoms with Crippen LogP contribution in [0, 0.1) is 0 Å². The van der Waals surface area contributed by atoms with Crippen molar-refractivity contribution in [2.75, 3.05) is 4.72 Å². The second-order valence-electron chi connectivity index (χ2n) is 4.28. The summed E-state index contributed by atoms with van der Waals surface area (Å²) in [7, 11) is -3.66. The van der Waals surface area contributed by atoms with Crippen LogP contribution in [0.2, 0.25) is 0 Å². The van der Waals surface area contributed by atoms with E-state index in [2.05, 4.69) is 14.8 Å². The van der Waals surface area contributed by atoms with E-state index in [4.69, 9.17) is 0 Å². The number of rotatable bonds is 4. The van der Waals surface area contributed by atoms with Crippen LogP contribution >= 0.6 is 0 Å². The summed E-state index contributed by atoms with van der Waals surface area (Å²) < 4.78 is 28.4. The fourth-order valence-electron chi connectivity index (χ4n) is 1.78. The van der Waals surface area contributed by atoms with Gasteiger partial charge in [-0.15, -0.1) is 0 Å². The number of hydrogen-bond donors (Lipinski definition) is 1. The fraction of sp³-hybridized carbons (Fsp3) is 0. The van der Waals surface area contributed by atoms with E-state index in [1.165, 1.54) is 17.1 Å². The molecule has 0 aliphatic heterocycles. The van der Waals surface area contributed by atoms with Gasteiger partial charge < -0.3 is 0 Å². The van der Waals surface area contributed by atoms with E-state index >= 15 is 0 Å². The summed E-state index contributed by atoms with van der Waals surface area (Å²) in [5.74, 6) is 0.554. The van der Waals surface area contributed by atoms with E-state index in [1.54, 1.807) is 48.7 Å². The van der Waals surface area contributed by atoms with Gasteiger partial charge in [-0.3, -0.25) is 4.72 Å². The van der Waals surface area contributed by atoms with Crippen LogP contribution in [0.1, 0.15) is 0 Å². The van der Waals surface area contributed by atoms with Crippen LogP contribution in [0.3, 0.4) is 0 Å². The molecule has 0 saturated carbocycles. The average molecular weight is 300 g/mol. The first-order chi connectivity index (χ1) is 10.1. The summed E-state index contributed by atoms with van der Waals surface area (Å²) >= 11 is 0. The number of benzene rings is 1. The first-order valence-electron chi connectivity index (χ1n) is 6.19. The highest BCUT2D eigenvalue weighted by Gasteiger charge is 2.17. The summed E-state index contributed by atoms with van der Waals surface area (Å²) in [6.45, 7) is 0. The molecule has 106 valence electrons. The Morgan fingerprint density at radius 2 is 1.76 bits per heavy atom. The zero-order chi connectivity index (χ0) is 14.7. The lowest BCUT2D eigenvalue weighted by Gasteiger charge is -2.05. The lowest BCUT2D eigenvalue weighted by Crippen LogP contribution is -2.12. The highest BCUT2D eigenvalue weighted by Crippen LogP contribution is 2.15. The van der Waals surface area contributed by atoms with Crippen molar-refractivity contribution in [1.82, 2.24) is 14.8 Å². The number of para-hydroxylation sites is 1. The molecule has 0 unspecified atom stereocenters. The lowest BCUT2D eigenvalue weighted by atomic mass is 10.3. The number of aromatic nitrogens is 3. The molecule has 1 aromatic carbocycles. The monoisotopic (exact) mass is 300 g/mol. The number of anilines is 1. The fourth-order valence-corrected chi connectivity index (χ4v) is 2.77. The summed E-state index contributed by atoms with van der Waals surface area (Å²) in [5, 5.41) is 4.03. The molecule has 0 fully saturated rings. The molecule has 0 atom stereocenters. The molecule has 3 rings (SSSR count). The SMILES string of the molecule is O=S(=O)(Nc1ccccc1)c1cnn(-c2ccccn2)c1. The second kappa shape index (κ2) is 5.37. The molecule has 7 heteroatoms. The maximum absolute atomic E-state index is 12.3. The van der Waals surface area contributed by atoms with Crippen LogP contribution < -0.4 is 4.72 Å². The molecule has 0 radical (unpaired) electrons. The van der Waals surface area contributed by atoms with Crippen molar-refractivity contribution in [3.05, 3.63) is 67.1 Å². The van der Waals surface area contributed by atoms with Crippen LogP contribution in [0.25, 0.3) is 5.82 Å². The van der Waals surface area contributed by atoms with E-state index in [1.807, 2.05) is 6.07 Å². The van der Waals surface area contributed by atoms with Crippen LogP contribution in [0.4, 0.5) is 5.69 Å². The van der Waals surface area contributed by atoms with Crippen LogP contribution in [0.5, 0.6) is 0 Å². The van der Waals surface area contributed by atoms with Gasteiger partial charge in [-0.1, -0.05) is 24.3 Å². The second-order valence-corrected chi connectivity index (χ2v) is 5.96. The van der Waals surface area contributed by atoms with Gasteiger partial charge in [-0.25, -0.2) is 18.1 Å². The third-order valence-corrected chi connectivity index (χ3v) is 4.12. The number of pyridine rings is 1. The molecule has 1 N–H and O–H groups in total. The minimum Gasteiger partial charge on any atom is -0.280 e. The Kier molecular flexibility index (Phi) is 3.41. The van der Waals surface area contributed by atoms with Crippen LogP contribution in [-0.4, -0.2) is 23.2 Å². The zero-order valence-corrected chi connectivity index (χ0v) is 11.7. The highest BCUT2D eigenvalue weighted by molar-refractivity contribution is 7.92. The predicted octanol–water partition coefficient (Wildman–Crippen LogP) is 2.07. The van der Waals surface area contributed by atoms with Gasteiger partial charge in [0.1, 0.15) is 4.90 Å². The Morgan fingerprint density at radius 1 is 1.00 bits per heavy atom. The van der Waals surface area contributed by atoms with Gasteiger partial charge in [0.05, 0.1) is 12.4 Å². The van der Waals surface area contributed by atoms with Crippen LogP contribution in [0.15, 0.2) is 72.0 Å². The average Bonchev–Trinajstić information content (AvgIpc) is 2.99. The van der Waals surface area contributed by atoms with E-state index in [-0.39, 0.29) is 4.90 Å². The maximum atomic E-state index is 12.3. The molecule has 2 aromatic heterocycles. The predicted molar refractivity (Wildman–Crippen MR) is 78.6 cm³/mol. The third-order valence-electron chi connectivity index (χ3n) is 2.78. The first kappa shape index (κ1) is 13.3. The van der Waals surface area contributed by atoms with E-state index in [9.17, 15) is 8.42 Å². The standard InChI is InChI=1S/C14H12N4O2S/c19-21(20,17-12-6-2-1-3-7-12)13-10-16-18(11-13)14-8-4-5-9-15-14/h1-11,17H. The van der Waals surface area contributed by atoms with Gasteiger partial charge in [0.15, 0.2) is 5.82 Å². The van der Waals surface area contributed by atoms with E-state index in [0.717, 1.165) is 0 Å². The number of sulfonamides is 1. The third kappa shape index (κ3) is 2.92. The van der Waals surface area contributed by atoms with Crippen LogP contribution in [-0.2, 0) is 10.0 Å². The minimum absolute atomic E-state index is 0.0806. The Bertz CT molecular complexity index is 830. The van der Waals surface area contributed by atoms with Crippen molar-refractivity contribution in [1.29, 1.82) is 0 Å². The van der Waals surface area contributed by atoms with Crippen molar-refractivity contribution in [2.45, 2.75) is 4.90 Å². The lowest BCUT2D eigenvalue weighted by molar-refractivity contribution is 0.601. The molecule has 0 saturated heterocycles. The maximum Gasteiger partial charge on any atom is 0.265 e. The Morgan fingerprint density at radius 3 is 2.48 bits per heavy atom. The zero-order valence-electron chi connectivity index (χ0n) is 10.9. The highest BCUT2D eigenvalue weighted by atomic mass is 32.2. The van der Waals surface area contributed by atoms with E-state index < -0.39 is 10.0 Å². The molecule has 0 spiro atoms. The van der Waals surface area contributed by atoms with Gasteiger partial charge in [-0.2, -0.15) is 5.10 Å². The molecule has 0 aliphatic rings. The van der Waals surface area contributed by atoms with Crippen molar-refractivity contribution in [3.8, 4) is 5.82 Å². The Labute approximate surface area is 122 Å². The largest absolute Gasteiger partial charge is 0.280 e. The summed E-state index contributed by atoms with van der Waals surface area (Å²) in [4.78, 5) is 4.19. The van der Waals surface area contributed by atoms with E-state index in [0.29, 0.717) is 11.5 Å². The van der Waals surface area contributed by atoms with Gasteiger partial charge in [0, 0.05) is 11.9 Å². The molecule has 6 nitrogen and oxygen atoms in total. The Balaban J connectivity index is 1.89. The normalized spacial score (nSPS) is 11.2. The molecule has 3 aromatic rings. The van der Waals surface area contributed by atoms with Gasteiger partial charge in [0.25, 0.3) is 10.0 Å².